The first-order valence-corrected chi connectivity index (χ1v) is 10.8. The van der Waals surface area contributed by atoms with Crippen LogP contribution in [0.3, 0.4) is 0 Å². The van der Waals surface area contributed by atoms with Crippen LogP contribution in [0.5, 0.6) is 17.2 Å². The Balaban J connectivity index is 1.23. The van der Waals surface area contributed by atoms with Crippen molar-refractivity contribution < 1.29 is 24.1 Å². The molecule has 2 aromatic carbocycles. The largest absolute Gasteiger partial charge is 0.491 e. The molecule has 2 aromatic rings. The number of aryl methyl sites for hydroxylation is 1. The lowest BCUT2D eigenvalue weighted by Crippen LogP contribution is -2.40. The van der Waals surface area contributed by atoms with Crippen LogP contribution in [0.25, 0.3) is 0 Å². The van der Waals surface area contributed by atoms with E-state index in [2.05, 4.69) is 10.2 Å². The number of para-hydroxylation sites is 1. The monoisotopic (exact) mass is 426 g/mol. The van der Waals surface area contributed by atoms with Crippen LogP contribution in [0.4, 0.5) is 0 Å². The van der Waals surface area contributed by atoms with Crippen molar-refractivity contribution in [1.29, 1.82) is 0 Å². The Labute approximate surface area is 182 Å². The number of fused-ring (bicyclic) bond motifs is 1. The topological polar surface area (TPSA) is 80.3 Å². The van der Waals surface area contributed by atoms with Crippen LogP contribution in [-0.2, 0) is 11.3 Å². The average molecular weight is 427 g/mol. The molecule has 2 aliphatic heterocycles. The molecule has 7 nitrogen and oxygen atoms in total. The Morgan fingerprint density at radius 1 is 1.16 bits per heavy atom. The van der Waals surface area contributed by atoms with E-state index < -0.39 is 5.60 Å². The number of nitrogens with zero attached hydrogens (tertiary/aromatic N) is 1. The number of aliphatic hydroxyl groups is 1. The van der Waals surface area contributed by atoms with E-state index in [4.69, 9.17) is 14.2 Å². The number of nitrogens with one attached hydrogen (secondary N) is 1. The van der Waals surface area contributed by atoms with E-state index >= 15 is 0 Å². The molecular weight excluding hydrogens is 396 g/mol. The normalized spacial score (nSPS) is 20.8. The molecule has 0 radical (unpaired) electrons. The van der Waals surface area contributed by atoms with Crippen molar-refractivity contribution in [1.82, 2.24) is 10.2 Å². The Morgan fingerprint density at radius 2 is 2.00 bits per heavy atom. The zero-order valence-corrected chi connectivity index (χ0v) is 17.9. The second-order valence-electron chi connectivity index (χ2n) is 8.38. The van der Waals surface area contributed by atoms with Gasteiger partial charge in [0.25, 0.3) is 0 Å². The van der Waals surface area contributed by atoms with Gasteiger partial charge in [0.15, 0.2) is 11.5 Å². The molecule has 1 amide bonds. The molecule has 31 heavy (non-hydrogen) atoms. The molecule has 1 fully saturated rings. The molecule has 2 aliphatic rings. The summed E-state index contributed by atoms with van der Waals surface area (Å²) < 4.78 is 16.7. The van der Waals surface area contributed by atoms with Crippen molar-refractivity contribution in [2.75, 3.05) is 33.0 Å². The summed E-state index contributed by atoms with van der Waals surface area (Å²) in [6, 6.07) is 13.5. The Morgan fingerprint density at radius 3 is 2.84 bits per heavy atom. The summed E-state index contributed by atoms with van der Waals surface area (Å²) in [5.74, 6) is 2.14. The molecule has 4 rings (SSSR count). The first-order valence-electron chi connectivity index (χ1n) is 10.8. The number of benzene rings is 2. The Kier molecular flexibility index (Phi) is 6.63. The third kappa shape index (κ3) is 5.68. The first-order chi connectivity index (χ1) is 15.0. The molecule has 166 valence electrons. The molecule has 0 saturated carbocycles. The minimum atomic E-state index is -0.877. The summed E-state index contributed by atoms with van der Waals surface area (Å²) in [6.45, 7) is 4.63. The van der Waals surface area contributed by atoms with Crippen LogP contribution in [0.15, 0.2) is 42.5 Å². The van der Waals surface area contributed by atoms with Crippen LogP contribution in [-0.4, -0.2) is 54.5 Å². The van der Waals surface area contributed by atoms with E-state index in [1.54, 1.807) is 0 Å². The molecule has 7 heteroatoms. The molecule has 0 aliphatic carbocycles. The second-order valence-corrected chi connectivity index (χ2v) is 8.38. The minimum Gasteiger partial charge on any atom is -0.491 e. The predicted molar refractivity (Wildman–Crippen MR) is 116 cm³/mol. The average Bonchev–Trinajstić information content (AvgIpc) is 3.18. The minimum absolute atomic E-state index is 0.0436. The van der Waals surface area contributed by atoms with Crippen LogP contribution in [0.2, 0.25) is 0 Å². The number of likely N-dealkylation sites (tertiary alicyclic amines) is 1. The number of rotatable bonds is 7. The summed E-state index contributed by atoms with van der Waals surface area (Å²) in [5, 5.41) is 13.9. The van der Waals surface area contributed by atoms with Crippen LogP contribution in [0, 0.1) is 6.92 Å². The zero-order valence-electron chi connectivity index (χ0n) is 17.9. The fourth-order valence-corrected chi connectivity index (χ4v) is 3.97. The highest BCUT2D eigenvalue weighted by molar-refractivity contribution is 5.78. The van der Waals surface area contributed by atoms with Gasteiger partial charge in [-0.05, 0) is 50.9 Å². The van der Waals surface area contributed by atoms with Gasteiger partial charge in [0.1, 0.15) is 12.4 Å². The molecule has 0 spiro atoms. The van der Waals surface area contributed by atoms with Gasteiger partial charge in [0, 0.05) is 18.7 Å². The lowest BCUT2D eigenvalue weighted by molar-refractivity contribution is -0.122. The van der Waals surface area contributed by atoms with E-state index in [1.807, 2.05) is 49.4 Å². The van der Waals surface area contributed by atoms with Crippen LogP contribution >= 0.6 is 0 Å². The van der Waals surface area contributed by atoms with Crippen molar-refractivity contribution in [3.8, 4) is 17.2 Å². The number of carbonyl (C=O) groups is 1. The molecule has 1 atom stereocenters. The number of hydrogen-bond donors (Lipinski definition) is 2. The van der Waals surface area contributed by atoms with Crippen molar-refractivity contribution in [3.05, 3.63) is 53.6 Å². The summed E-state index contributed by atoms with van der Waals surface area (Å²) in [7, 11) is 0. The smallest absolute Gasteiger partial charge is 0.234 e. The van der Waals surface area contributed by atoms with Gasteiger partial charge in [-0.2, -0.15) is 0 Å². The molecule has 2 heterocycles. The maximum Gasteiger partial charge on any atom is 0.234 e. The van der Waals surface area contributed by atoms with Crippen molar-refractivity contribution in [3.63, 3.8) is 0 Å². The SMILES string of the molecule is Cc1ccc(OC[C@]2(O)CCCN(CC(=O)NCc3cccc4c3OCO4)CC2)cc1. The zero-order chi connectivity index (χ0) is 21.7. The van der Waals surface area contributed by atoms with Crippen LogP contribution < -0.4 is 19.5 Å². The van der Waals surface area contributed by atoms with Gasteiger partial charge in [-0.15, -0.1) is 0 Å². The third-order valence-electron chi connectivity index (χ3n) is 5.86. The van der Waals surface area contributed by atoms with E-state index in [0.29, 0.717) is 44.0 Å². The van der Waals surface area contributed by atoms with Gasteiger partial charge in [-0.3, -0.25) is 9.69 Å². The highest BCUT2D eigenvalue weighted by atomic mass is 16.7. The van der Waals surface area contributed by atoms with Gasteiger partial charge < -0.3 is 24.6 Å². The van der Waals surface area contributed by atoms with Gasteiger partial charge in [0.2, 0.25) is 12.7 Å². The fourth-order valence-electron chi connectivity index (χ4n) is 3.97. The Bertz CT molecular complexity index is 901. The summed E-state index contributed by atoms with van der Waals surface area (Å²) in [5.41, 5.74) is 1.20. The highest BCUT2D eigenvalue weighted by Gasteiger charge is 2.31. The fraction of sp³-hybridized carbons (Fsp3) is 0.458. The van der Waals surface area contributed by atoms with Gasteiger partial charge in [-0.25, -0.2) is 0 Å². The van der Waals surface area contributed by atoms with Gasteiger partial charge in [0.05, 0.1) is 12.1 Å². The molecule has 1 saturated heterocycles. The van der Waals surface area contributed by atoms with Crippen molar-refractivity contribution >= 4 is 5.91 Å². The third-order valence-corrected chi connectivity index (χ3v) is 5.86. The molecule has 0 aromatic heterocycles. The lowest BCUT2D eigenvalue weighted by Gasteiger charge is -2.27. The number of hydrogen-bond acceptors (Lipinski definition) is 6. The van der Waals surface area contributed by atoms with Crippen molar-refractivity contribution in [2.24, 2.45) is 0 Å². The van der Waals surface area contributed by atoms with E-state index in [9.17, 15) is 9.90 Å². The quantitative estimate of drug-likeness (QED) is 0.709. The summed E-state index contributed by atoms with van der Waals surface area (Å²) in [4.78, 5) is 14.6. The number of amides is 1. The first kappa shape index (κ1) is 21.5. The number of ether oxygens (including phenoxy) is 3. The summed E-state index contributed by atoms with van der Waals surface area (Å²) in [6.07, 6.45) is 2.05. The van der Waals surface area contributed by atoms with E-state index in [-0.39, 0.29) is 19.3 Å². The molecule has 0 bridgehead atoms. The Hall–Kier alpha value is -2.77. The molecular formula is C24H30N2O5. The lowest BCUT2D eigenvalue weighted by atomic mass is 9.96. The maximum absolute atomic E-state index is 12.5. The van der Waals surface area contributed by atoms with Crippen LogP contribution in [0.1, 0.15) is 30.4 Å². The molecule has 0 unspecified atom stereocenters. The van der Waals surface area contributed by atoms with E-state index in [0.717, 1.165) is 24.3 Å². The van der Waals surface area contributed by atoms with Gasteiger partial charge >= 0.3 is 0 Å². The predicted octanol–water partition coefficient (Wildman–Crippen LogP) is 2.64. The highest BCUT2D eigenvalue weighted by Crippen LogP contribution is 2.35. The second kappa shape index (κ2) is 9.58. The standard InChI is InChI=1S/C24H30N2O5/c1-18-6-8-20(9-7-18)29-16-24(28)10-3-12-26(13-11-24)15-22(27)25-14-19-4-2-5-21-23(19)31-17-30-21/h2,4-9,28H,3,10-17H2,1H3,(H,25,27)/t24-/m0/s1. The number of carbonyl (C=O) groups excluding carboxylic acids is 1. The maximum atomic E-state index is 12.5. The van der Waals surface area contributed by atoms with Gasteiger partial charge in [-0.1, -0.05) is 29.8 Å². The molecule has 2 N–H and O–H groups in total. The van der Waals surface area contributed by atoms with E-state index in [1.165, 1.54) is 5.56 Å². The van der Waals surface area contributed by atoms with Crippen molar-refractivity contribution in [2.45, 2.75) is 38.3 Å². The summed E-state index contributed by atoms with van der Waals surface area (Å²) >= 11 is 0.